The maximum absolute atomic E-state index is 9.66. The Morgan fingerprint density at radius 1 is 1.14 bits per heavy atom. The fourth-order valence-electron chi connectivity index (χ4n) is 5.65. The molecule has 0 atom stereocenters. The molecule has 2 aliphatic heterocycles. The highest BCUT2D eigenvalue weighted by atomic mass is 15.3. The molecular weight excluding hydrogens is 460 g/mol. The van der Waals surface area contributed by atoms with Crippen molar-refractivity contribution in [2.24, 2.45) is 16.1 Å². The minimum absolute atomic E-state index is 0.390. The van der Waals surface area contributed by atoms with Crippen LogP contribution in [0, 0.1) is 16.7 Å². The van der Waals surface area contributed by atoms with Crippen LogP contribution in [0.5, 0.6) is 0 Å². The van der Waals surface area contributed by atoms with E-state index in [1.54, 1.807) is 24.0 Å². The first kappa shape index (κ1) is 23.0. The number of anilines is 1. The van der Waals surface area contributed by atoms with E-state index in [0.717, 1.165) is 66.3 Å². The normalized spacial score (nSPS) is 17.2. The summed E-state index contributed by atoms with van der Waals surface area (Å²) in [7, 11) is 1.71. The fraction of sp³-hybridized carbons (Fsp3) is 0.241. The third kappa shape index (κ3) is 4.13. The van der Waals surface area contributed by atoms with Crippen molar-refractivity contribution in [1.82, 2.24) is 19.5 Å². The molecule has 2 saturated heterocycles. The van der Waals surface area contributed by atoms with Gasteiger partial charge in [0.1, 0.15) is 11.9 Å². The van der Waals surface area contributed by atoms with Crippen LogP contribution in [0.2, 0.25) is 0 Å². The molecule has 8 heteroatoms. The zero-order valence-corrected chi connectivity index (χ0v) is 20.7. The van der Waals surface area contributed by atoms with E-state index >= 15 is 0 Å². The second kappa shape index (κ2) is 9.19. The van der Waals surface area contributed by atoms with E-state index in [0.29, 0.717) is 11.0 Å². The standard InChI is InChI=1S/C29H28N8/c1-32-12-24(10-30)23-9-26(28-25(11-31)14-34-37(28)16-23)22-7-8-27(33-13-22)36-19-29(20-36)17-35(18-29)15-21-5-3-2-4-6-21/h2-10,12-14,16H,15,17-20,30H2,1H3. The molecule has 1 aromatic carbocycles. The van der Waals surface area contributed by atoms with Crippen molar-refractivity contribution in [1.29, 1.82) is 5.26 Å². The minimum Gasteiger partial charge on any atom is -0.404 e. The lowest BCUT2D eigenvalue weighted by atomic mass is 9.72. The van der Waals surface area contributed by atoms with Gasteiger partial charge in [0.25, 0.3) is 0 Å². The van der Waals surface area contributed by atoms with Crippen LogP contribution in [0.3, 0.4) is 0 Å². The Morgan fingerprint density at radius 3 is 2.62 bits per heavy atom. The highest BCUT2D eigenvalue weighted by Crippen LogP contribution is 2.42. The van der Waals surface area contributed by atoms with Gasteiger partial charge in [-0.3, -0.25) is 9.89 Å². The molecule has 0 radical (unpaired) electrons. The molecule has 2 aliphatic rings. The predicted octanol–water partition coefficient (Wildman–Crippen LogP) is 3.59. The molecule has 0 amide bonds. The maximum atomic E-state index is 9.66. The summed E-state index contributed by atoms with van der Waals surface area (Å²) in [5.41, 5.74) is 12.3. The van der Waals surface area contributed by atoms with Gasteiger partial charge in [-0.2, -0.15) is 10.4 Å². The van der Waals surface area contributed by atoms with Gasteiger partial charge in [-0.25, -0.2) is 9.50 Å². The van der Waals surface area contributed by atoms with Crippen LogP contribution in [-0.2, 0) is 6.54 Å². The molecule has 5 heterocycles. The topological polar surface area (TPSA) is 98.8 Å². The first-order valence-electron chi connectivity index (χ1n) is 12.3. The summed E-state index contributed by atoms with van der Waals surface area (Å²) in [5.74, 6) is 0.984. The minimum atomic E-state index is 0.390. The van der Waals surface area contributed by atoms with Crippen LogP contribution in [0.25, 0.3) is 22.2 Å². The van der Waals surface area contributed by atoms with Gasteiger partial charge in [-0.05, 0) is 23.8 Å². The van der Waals surface area contributed by atoms with Gasteiger partial charge < -0.3 is 10.6 Å². The number of benzene rings is 1. The lowest BCUT2D eigenvalue weighted by Crippen LogP contribution is -2.72. The van der Waals surface area contributed by atoms with Crippen molar-refractivity contribution in [3.63, 3.8) is 0 Å². The van der Waals surface area contributed by atoms with Crippen molar-refractivity contribution < 1.29 is 0 Å². The second-order valence-electron chi connectivity index (χ2n) is 10.0. The van der Waals surface area contributed by atoms with Gasteiger partial charge in [0.05, 0.1) is 17.3 Å². The van der Waals surface area contributed by atoms with Crippen LogP contribution < -0.4 is 10.6 Å². The number of nitriles is 1. The van der Waals surface area contributed by atoms with E-state index in [-0.39, 0.29) is 0 Å². The van der Waals surface area contributed by atoms with Gasteiger partial charge in [0.15, 0.2) is 0 Å². The number of hydrogen-bond donors (Lipinski definition) is 1. The summed E-state index contributed by atoms with van der Waals surface area (Å²) in [5, 5.41) is 14.1. The largest absolute Gasteiger partial charge is 0.404 e. The number of nitrogens with two attached hydrogens (primary N) is 1. The number of pyridine rings is 2. The number of hydrogen-bond acceptors (Lipinski definition) is 7. The average Bonchev–Trinajstić information content (AvgIpc) is 3.31. The van der Waals surface area contributed by atoms with E-state index < -0.39 is 0 Å². The molecule has 6 rings (SSSR count). The molecule has 0 bridgehead atoms. The van der Waals surface area contributed by atoms with Crippen molar-refractivity contribution >= 4 is 23.1 Å². The van der Waals surface area contributed by atoms with Crippen LogP contribution in [-0.4, -0.2) is 58.9 Å². The van der Waals surface area contributed by atoms with E-state index in [1.807, 2.05) is 18.5 Å². The number of fused-ring (bicyclic) bond motifs is 1. The molecule has 3 aromatic heterocycles. The molecule has 0 saturated carbocycles. The van der Waals surface area contributed by atoms with Crippen LogP contribution >= 0.6 is 0 Å². The number of allylic oxidation sites excluding steroid dienone is 1. The number of aliphatic imine (C=N–C) groups is 1. The van der Waals surface area contributed by atoms with Crippen molar-refractivity contribution in [3.05, 3.63) is 90.0 Å². The first-order valence-corrected chi connectivity index (χ1v) is 12.3. The predicted molar refractivity (Wildman–Crippen MR) is 146 cm³/mol. The molecule has 4 aromatic rings. The molecule has 0 aliphatic carbocycles. The Balaban J connectivity index is 1.20. The van der Waals surface area contributed by atoms with Crippen LogP contribution in [0.4, 0.5) is 5.82 Å². The van der Waals surface area contributed by atoms with Gasteiger partial charge in [-0.15, -0.1) is 0 Å². The molecule has 2 fully saturated rings. The second-order valence-corrected chi connectivity index (χ2v) is 10.0. The molecule has 1 spiro atoms. The third-order valence-corrected chi connectivity index (χ3v) is 7.32. The summed E-state index contributed by atoms with van der Waals surface area (Å²) >= 11 is 0. The fourth-order valence-corrected chi connectivity index (χ4v) is 5.65. The Hall–Kier alpha value is -4.48. The van der Waals surface area contributed by atoms with Gasteiger partial charge in [0.2, 0.25) is 0 Å². The summed E-state index contributed by atoms with van der Waals surface area (Å²) in [4.78, 5) is 13.8. The average molecular weight is 489 g/mol. The van der Waals surface area contributed by atoms with E-state index in [4.69, 9.17) is 10.7 Å². The highest BCUT2D eigenvalue weighted by Gasteiger charge is 2.51. The lowest BCUT2D eigenvalue weighted by molar-refractivity contribution is -0.0276. The quantitative estimate of drug-likeness (QED) is 0.417. The highest BCUT2D eigenvalue weighted by molar-refractivity contribution is 6.10. The smallest absolute Gasteiger partial charge is 0.128 e. The molecule has 2 N–H and O–H groups in total. The number of aromatic nitrogens is 3. The monoisotopic (exact) mass is 488 g/mol. The van der Waals surface area contributed by atoms with Gasteiger partial charge >= 0.3 is 0 Å². The van der Waals surface area contributed by atoms with Crippen molar-refractivity contribution in [2.75, 3.05) is 38.1 Å². The molecule has 184 valence electrons. The van der Waals surface area contributed by atoms with Gasteiger partial charge in [-0.1, -0.05) is 30.3 Å². The summed E-state index contributed by atoms with van der Waals surface area (Å²) < 4.78 is 1.72. The van der Waals surface area contributed by atoms with E-state index in [2.05, 4.69) is 68.4 Å². The molecule has 8 nitrogen and oxygen atoms in total. The molecular formula is C29H28N8. The van der Waals surface area contributed by atoms with Crippen LogP contribution in [0.1, 0.15) is 16.7 Å². The Morgan fingerprint density at radius 2 is 1.95 bits per heavy atom. The SMILES string of the molecule is CN=CC(=CN)c1cc(-c2ccc(N3CC4(CN(Cc5ccccc5)C4)C3)nc2)c2c(C#N)cnn2c1. The Kier molecular flexibility index (Phi) is 5.70. The summed E-state index contributed by atoms with van der Waals surface area (Å²) in [6.07, 6.45) is 8.57. The van der Waals surface area contributed by atoms with Crippen molar-refractivity contribution in [2.45, 2.75) is 6.54 Å². The number of nitrogens with zero attached hydrogens (tertiary/aromatic N) is 7. The lowest BCUT2D eigenvalue weighted by Gasteiger charge is -2.60. The number of rotatable bonds is 6. The van der Waals surface area contributed by atoms with Crippen LogP contribution in [0.15, 0.2) is 78.3 Å². The Bertz CT molecular complexity index is 1530. The zero-order chi connectivity index (χ0) is 25.4. The molecule has 0 unspecified atom stereocenters. The first-order chi connectivity index (χ1) is 18.1. The summed E-state index contributed by atoms with van der Waals surface area (Å²) in [6, 6.07) is 19.1. The maximum Gasteiger partial charge on any atom is 0.128 e. The number of likely N-dealkylation sites (tertiary alicyclic amines) is 1. The van der Waals surface area contributed by atoms with E-state index in [1.165, 1.54) is 11.8 Å². The zero-order valence-electron chi connectivity index (χ0n) is 20.7. The molecule has 37 heavy (non-hydrogen) atoms. The summed E-state index contributed by atoms with van der Waals surface area (Å²) in [6.45, 7) is 5.36. The van der Waals surface area contributed by atoms with Crippen molar-refractivity contribution in [3.8, 4) is 17.2 Å². The van der Waals surface area contributed by atoms with Gasteiger partial charge in [0, 0.05) is 92.3 Å². The van der Waals surface area contributed by atoms with E-state index in [9.17, 15) is 5.26 Å². The third-order valence-electron chi connectivity index (χ3n) is 7.32. The Labute approximate surface area is 216 Å².